The maximum absolute atomic E-state index is 14.1. The van der Waals surface area contributed by atoms with Gasteiger partial charge in [0.1, 0.15) is 24.7 Å². The zero-order valence-corrected chi connectivity index (χ0v) is 24.8. The van der Waals surface area contributed by atoms with E-state index in [9.17, 15) is 24.4 Å². The number of hydrogen-bond donors (Lipinski definition) is 3. The zero-order chi connectivity index (χ0) is 30.7. The summed E-state index contributed by atoms with van der Waals surface area (Å²) in [5.74, 6) is -1.52. The molecule has 4 rings (SSSR count). The molecule has 2 aliphatic rings. The molecule has 1 spiro atoms. The molecule has 1 fully saturated rings. The van der Waals surface area contributed by atoms with E-state index in [1.54, 1.807) is 19.9 Å². The summed E-state index contributed by atoms with van der Waals surface area (Å²) in [7, 11) is 0. The number of carbonyl (C=O) groups excluding carboxylic acids is 4. The van der Waals surface area contributed by atoms with Gasteiger partial charge in [-0.05, 0) is 34.9 Å². The van der Waals surface area contributed by atoms with E-state index in [1.807, 2.05) is 69.3 Å². The summed E-state index contributed by atoms with van der Waals surface area (Å²) in [5.41, 5.74) is 0.856. The van der Waals surface area contributed by atoms with Gasteiger partial charge in [-0.15, -0.1) is 0 Å². The summed E-state index contributed by atoms with van der Waals surface area (Å²) in [4.78, 5) is 54.8. The van der Waals surface area contributed by atoms with Crippen LogP contribution in [0.25, 0.3) is 0 Å². The van der Waals surface area contributed by atoms with E-state index in [0.29, 0.717) is 5.69 Å². The predicted molar refractivity (Wildman–Crippen MR) is 157 cm³/mol. The standard InChI is InChI=1S/C32H39N5O5/c1-20(2)26(36-30(41)42-18-21-11-7-6-8-12-21)27(38)34-25(16-31(3,4)5)28(39)37-19-32(15-22(37)17-33)23-13-9-10-14-24(23)35-29(32)40/h6-14,20,22,25-26H,15-16,18-19H2,1-5H3,(H,34,38)(H,35,40)(H,36,41)/t22-,25-,26+,32-/m0/s1. The third-order valence-electron chi connectivity index (χ3n) is 7.78. The molecule has 2 heterocycles. The lowest BCUT2D eigenvalue weighted by Crippen LogP contribution is -2.57. The maximum Gasteiger partial charge on any atom is 0.408 e. The summed E-state index contributed by atoms with van der Waals surface area (Å²) < 4.78 is 5.31. The molecule has 4 amide bonds. The number of amides is 4. The Morgan fingerprint density at radius 3 is 2.40 bits per heavy atom. The van der Waals surface area contributed by atoms with Crippen molar-refractivity contribution in [3.63, 3.8) is 0 Å². The maximum atomic E-state index is 14.1. The van der Waals surface area contributed by atoms with Crippen molar-refractivity contribution in [2.24, 2.45) is 11.3 Å². The topological polar surface area (TPSA) is 141 Å². The van der Waals surface area contributed by atoms with Gasteiger partial charge in [0, 0.05) is 18.7 Å². The second-order valence-corrected chi connectivity index (χ2v) is 12.7. The SMILES string of the molecule is CC(C)[C@@H](NC(=O)OCc1ccccc1)C(=O)N[C@@H](CC(C)(C)C)C(=O)N1C[C@]2(C[C@H]1C#N)C(=O)Nc1ccccc12. The average molecular weight is 574 g/mol. The number of ether oxygens (including phenoxy) is 1. The minimum Gasteiger partial charge on any atom is -0.445 e. The molecule has 10 nitrogen and oxygen atoms in total. The van der Waals surface area contributed by atoms with Crippen molar-refractivity contribution < 1.29 is 23.9 Å². The molecule has 10 heteroatoms. The van der Waals surface area contributed by atoms with Crippen LogP contribution in [-0.4, -0.2) is 53.4 Å². The van der Waals surface area contributed by atoms with Crippen molar-refractivity contribution in [2.45, 2.75) is 77.6 Å². The van der Waals surface area contributed by atoms with Gasteiger partial charge in [-0.2, -0.15) is 5.26 Å². The molecule has 4 atom stereocenters. The Kier molecular flexibility index (Phi) is 8.90. The first-order chi connectivity index (χ1) is 19.8. The number of hydrogen-bond acceptors (Lipinski definition) is 6. The van der Waals surface area contributed by atoms with Crippen LogP contribution in [-0.2, 0) is 31.1 Å². The van der Waals surface area contributed by atoms with Gasteiger partial charge in [0.15, 0.2) is 0 Å². The number of likely N-dealkylation sites (tertiary alicyclic amines) is 1. The molecule has 0 unspecified atom stereocenters. The van der Waals surface area contributed by atoms with Crippen LogP contribution in [0.1, 0.15) is 58.6 Å². The zero-order valence-electron chi connectivity index (χ0n) is 24.8. The minimum absolute atomic E-state index is 0.0289. The highest BCUT2D eigenvalue weighted by Crippen LogP contribution is 2.46. The number of nitrogens with one attached hydrogen (secondary N) is 3. The van der Waals surface area contributed by atoms with Crippen molar-refractivity contribution in [3.8, 4) is 6.07 Å². The first kappa shape index (κ1) is 30.6. The lowest BCUT2D eigenvalue weighted by atomic mass is 9.80. The highest BCUT2D eigenvalue weighted by atomic mass is 16.5. The van der Waals surface area contributed by atoms with Crippen molar-refractivity contribution in [1.29, 1.82) is 5.26 Å². The number of carbonyl (C=O) groups is 4. The molecule has 3 N–H and O–H groups in total. The van der Waals surface area contributed by atoms with Crippen LogP contribution < -0.4 is 16.0 Å². The fourth-order valence-corrected chi connectivity index (χ4v) is 5.69. The van der Waals surface area contributed by atoms with E-state index in [4.69, 9.17) is 4.74 Å². The minimum atomic E-state index is -1.03. The Morgan fingerprint density at radius 1 is 1.10 bits per heavy atom. The molecule has 0 radical (unpaired) electrons. The molecule has 0 aliphatic carbocycles. The Bertz CT molecular complexity index is 1380. The van der Waals surface area contributed by atoms with Crippen LogP contribution in [0.3, 0.4) is 0 Å². The fraction of sp³-hybridized carbons (Fsp3) is 0.469. The fourth-order valence-electron chi connectivity index (χ4n) is 5.69. The molecule has 2 aromatic rings. The van der Waals surface area contributed by atoms with E-state index in [0.717, 1.165) is 11.1 Å². The van der Waals surface area contributed by atoms with E-state index >= 15 is 0 Å². The molecule has 0 bridgehead atoms. The normalized spacial score (nSPS) is 20.8. The molecule has 222 valence electrons. The first-order valence-corrected chi connectivity index (χ1v) is 14.2. The van der Waals surface area contributed by atoms with Crippen LogP contribution in [0.15, 0.2) is 54.6 Å². The lowest BCUT2D eigenvalue weighted by molar-refractivity contribution is -0.138. The number of fused-ring (bicyclic) bond motifs is 2. The van der Waals surface area contributed by atoms with Gasteiger partial charge in [0.25, 0.3) is 0 Å². The summed E-state index contributed by atoms with van der Waals surface area (Å²) >= 11 is 0. The Morgan fingerprint density at radius 2 is 1.76 bits per heavy atom. The Balaban J connectivity index is 1.51. The molecule has 42 heavy (non-hydrogen) atoms. The number of nitrogens with zero attached hydrogens (tertiary/aromatic N) is 2. The van der Waals surface area contributed by atoms with Gasteiger partial charge < -0.3 is 25.6 Å². The second kappa shape index (κ2) is 12.2. The summed E-state index contributed by atoms with van der Waals surface area (Å²) in [6, 6.07) is 15.9. The molecular formula is C32H39N5O5. The van der Waals surface area contributed by atoms with Crippen LogP contribution in [0.5, 0.6) is 0 Å². The summed E-state index contributed by atoms with van der Waals surface area (Å²) in [6.45, 7) is 9.50. The van der Waals surface area contributed by atoms with E-state index in [-0.39, 0.29) is 43.2 Å². The molecule has 1 saturated heterocycles. The first-order valence-electron chi connectivity index (χ1n) is 14.2. The average Bonchev–Trinajstić information content (AvgIpc) is 3.47. The smallest absolute Gasteiger partial charge is 0.408 e. The number of rotatable bonds is 8. The van der Waals surface area contributed by atoms with Gasteiger partial charge in [-0.3, -0.25) is 14.4 Å². The van der Waals surface area contributed by atoms with E-state index in [2.05, 4.69) is 22.0 Å². The highest BCUT2D eigenvalue weighted by molar-refractivity contribution is 6.07. The number of anilines is 1. The number of para-hydroxylation sites is 1. The predicted octanol–water partition coefficient (Wildman–Crippen LogP) is 3.87. The van der Waals surface area contributed by atoms with Gasteiger partial charge in [-0.1, -0.05) is 83.1 Å². The van der Waals surface area contributed by atoms with E-state index < -0.39 is 41.4 Å². The Labute approximate surface area is 246 Å². The molecule has 0 saturated carbocycles. The number of nitriles is 1. The third kappa shape index (κ3) is 6.56. The molecule has 0 aromatic heterocycles. The summed E-state index contributed by atoms with van der Waals surface area (Å²) in [5, 5.41) is 18.4. The van der Waals surface area contributed by atoms with Crippen molar-refractivity contribution in [1.82, 2.24) is 15.5 Å². The van der Waals surface area contributed by atoms with Crippen molar-refractivity contribution in [3.05, 3.63) is 65.7 Å². The van der Waals surface area contributed by atoms with Crippen LogP contribution in [0.2, 0.25) is 0 Å². The molecule has 2 aliphatic heterocycles. The number of benzene rings is 2. The van der Waals surface area contributed by atoms with Crippen LogP contribution >= 0.6 is 0 Å². The van der Waals surface area contributed by atoms with Crippen LogP contribution in [0, 0.1) is 22.7 Å². The van der Waals surface area contributed by atoms with E-state index in [1.165, 1.54) is 4.90 Å². The van der Waals surface area contributed by atoms with Gasteiger partial charge >= 0.3 is 6.09 Å². The largest absolute Gasteiger partial charge is 0.445 e. The quantitative estimate of drug-likeness (QED) is 0.438. The summed E-state index contributed by atoms with van der Waals surface area (Å²) in [6.07, 6.45) is -0.300. The monoisotopic (exact) mass is 573 g/mol. The van der Waals surface area contributed by atoms with Gasteiger partial charge in [0.2, 0.25) is 17.7 Å². The molecule has 2 aromatic carbocycles. The lowest BCUT2D eigenvalue weighted by Gasteiger charge is -2.32. The Hall–Kier alpha value is -4.39. The third-order valence-corrected chi connectivity index (χ3v) is 7.78. The van der Waals surface area contributed by atoms with Gasteiger partial charge in [-0.25, -0.2) is 4.79 Å². The number of alkyl carbamates (subject to hydrolysis) is 1. The van der Waals surface area contributed by atoms with Crippen LogP contribution in [0.4, 0.5) is 10.5 Å². The second-order valence-electron chi connectivity index (χ2n) is 12.7. The van der Waals surface area contributed by atoms with Crippen molar-refractivity contribution >= 4 is 29.5 Å². The highest BCUT2D eigenvalue weighted by Gasteiger charge is 2.56. The van der Waals surface area contributed by atoms with Gasteiger partial charge in [0.05, 0.1) is 11.5 Å². The van der Waals surface area contributed by atoms with Crippen molar-refractivity contribution in [2.75, 3.05) is 11.9 Å². The molecular weight excluding hydrogens is 534 g/mol.